The van der Waals surface area contributed by atoms with Crippen LogP contribution in [0, 0.1) is 17.0 Å². The van der Waals surface area contributed by atoms with Crippen LogP contribution in [0.4, 0.5) is 15.3 Å². The van der Waals surface area contributed by atoms with Crippen LogP contribution in [-0.4, -0.2) is 132 Å². The van der Waals surface area contributed by atoms with Gasteiger partial charge in [0, 0.05) is 42.8 Å². The number of ether oxygens (including phenoxy) is 9. The highest BCUT2D eigenvalue weighted by molar-refractivity contribution is 6.61. The Labute approximate surface area is 321 Å². The minimum atomic E-state index is -0.889. The van der Waals surface area contributed by atoms with Crippen LogP contribution >= 0.6 is 23.2 Å². The number of halogens is 2. The number of nitro benzene ring substituents is 1. The molecular weight excluding hydrogens is 745 g/mol. The molecule has 304 valence electrons. The number of non-ortho nitro benzene ring substituents is 1. The molecule has 0 saturated carbocycles. The number of hydrogen-bond acceptors (Lipinski definition) is 15. The first-order valence-electron chi connectivity index (χ1n) is 16.9. The van der Waals surface area contributed by atoms with E-state index in [2.05, 4.69) is 11.7 Å². The second kappa shape index (κ2) is 40.0. The van der Waals surface area contributed by atoms with Gasteiger partial charge in [-0.3, -0.25) is 10.1 Å². The predicted octanol–water partition coefficient (Wildman–Crippen LogP) is 5.96. The molecule has 0 aliphatic heterocycles. The summed E-state index contributed by atoms with van der Waals surface area (Å²) >= 11 is 10.3. The standard InChI is InChI=1S/C14H19NO7.C8H7ClO2.C7H16O3.C6H13ClO3/c1-2-7-19-8-9-20-10-11-21-14(16)22-13-5-3-12(4-6-13)15(17)18;1-6-2-4-7(5-3-6)11-8(9)10;1-2-4-9-6-7-10-5-3-8;7-1-3-9-5-6-10-4-2-8/h3-6H,2,7-11H2,1H3;2-5H,1H3;8H,2-7H2,1H3;8H,1-6H2. The first-order chi connectivity index (χ1) is 25.6. The number of nitro groups is 1. The van der Waals surface area contributed by atoms with Crippen LogP contribution in [0.5, 0.6) is 11.5 Å². The van der Waals surface area contributed by atoms with Gasteiger partial charge in [0.1, 0.15) is 18.1 Å². The van der Waals surface area contributed by atoms with E-state index < -0.39 is 16.5 Å². The molecule has 0 unspecified atom stereocenters. The smallest absolute Gasteiger partial charge is 0.432 e. The molecular formula is C35H55Cl2NO15. The monoisotopic (exact) mass is 799 g/mol. The third-order valence-electron chi connectivity index (χ3n) is 5.42. The summed E-state index contributed by atoms with van der Waals surface area (Å²) in [6, 6.07) is 12.2. The third kappa shape index (κ3) is 38.4. The van der Waals surface area contributed by atoms with E-state index in [0.29, 0.717) is 77.7 Å². The molecule has 0 spiro atoms. The van der Waals surface area contributed by atoms with E-state index in [-0.39, 0.29) is 37.9 Å². The largest absolute Gasteiger partial charge is 0.513 e. The van der Waals surface area contributed by atoms with Crippen molar-refractivity contribution >= 4 is 40.5 Å². The van der Waals surface area contributed by atoms with E-state index in [1.54, 1.807) is 12.1 Å². The molecule has 0 saturated heterocycles. The highest BCUT2D eigenvalue weighted by Gasteiger charge is 2.09. The average Bonchev–Trinajstić information content (AvgIpc) is 3.14. The molecule has 0 atom stereocenters. The fourth-order valence-corrected chi connectivity index (χ4v) is 3.28. The lowest BCUT2D eigenvalue weighted by atomic mass is 10.2. The number of alkyl halides is 1. The maximum atomic E-state index is 11.3. The Kier molecular flexibility index (Phi) is 39.2. The summed E-state index contributed by atoms with van der Waals surface area (Å²) in [6.07, 6.45) is 1.11. The highest BCUT2D eigenvalue weighted by atomic mass is 35.5. The van der Waals surface area contributed by atoms with Crippen molar-refractivity contribution in [3.8, 4) is 11.5 Å². The summed E-state index contributed by atoms with van der Waals surface area (Å²) in [5.74, 6) is 1.15. The summed E-state index contributed by atoms with van der Waals surface area (Å²) in [7, 11) is 0. The van der Waals surface area contributed by atoms with Crippen molar-refractivity contribution in [2.45, 2.75) is 33.6 Å². The van der Waals surface area contributed by atoms with Gasteiger partial charge in [0.25, 0.3) is 5.69 Å². The van der Waals surface area contributed by atoms with Crippen LogP contribution in [0.3, 0.4) is 0 Å². The number of aliphatic hydroxyl groups is 2. The first-order valence-corrected chi connectivity index (χ1v) is 17.8. The molecule has 0 aromatic heterocycles. The fraction of sp³-hybridized carbons (Fsp3) is 0.600. The van der Waals surface area contributed by atoms with E-state index in [0.717, 1.165) is 25.0 Å². The minimum absolute atomic E-state index is 0.0552. The zero-order valence-electron chi connectivity index (χ0n) is 30.8. The van der Waals surface area contributed by atoms with E-state index >= 15 is 0 Å². The lowest BCUT2D eigenvalue weighted by Crippen LogP contribution is -2.15. The van der Waals surface area contributed by atoms with E-state index in [4.69, 9.17) is 71.3 Å². The molecule has 0 aliphatic rings. The Hall–Kier alpha value is -3.16. The van der Waals surface area contributed by atoms with Gasteiger partial charge in [0.15, 0.2) is 0 Å². The molecule has 0 amide bonds. The van der Waals surface area contributed by atoms with Crippen LogP contribution in [0.1, 0.15) is 32.3 Å². The molecule has 0 heterocycles. The Morgan fingerprint density at radius 2 is 1.02 bits per heavy atom. The molecule has 16 nitrogen and oxygen atoms in total. The zero-order valence-corrected chi connectivity index (χ0v) is 32.3. The average molecular weight is 801 g/mol. The van der Waals surface area contributed by atoms with Crippen LogP contribution in [-0.2, 0) is 33.2 Å². The predicted molar refractivity (Wildman–Crippen MR) is 199 cm³/mol. The number of nitrogens with zero attached hydrogens (tertiary/aromatic N) is 1. The maximum Gasteiger partial charge on any atom is 0.513 e. The number of aliphatic hydroxyl groups excluding tert-OH is 2. The first kappa shape index (κ1) is 51.9. The summed E-state index contributed by atoms with van der Waals surface area (Å²) in [5.41, 5.74) is 0.215. The van der Waals surface area contributed by atoms with Gasteiger partial charge >= 0.3 is 11.6 Å². The molecule has 2 rings (SSSR count). The Bertz CT molecular complexity index is 1100. The Balaban J connectivity index is 0. The van der Waals surface area contributed by atoms with Gasteiger partial charge < -0.3 is 52.8 Å². The molecule has 53 heavy (non-hydrogen) atoms. The molecule has 2 aromatic rings. The maximum absolute atomic E-state index is 11.3. The lowest BCUT2D eigenvalue weighted by molar-refractivity contribution is -0.384. The van der Waals surface area contributed by atoms with Crippen LogP contribution in [0.25, 0.3) is 0 Å². The second-order valence-electron chi connectivity index (χ2n) is 9.91. The summed E-state index contributed by atoms with van der Waals surface area (Å²) in [6.45, 7) is 12.5. The number of carbonyl (C=O) groups excluding carboxylic acids is 2. The summed E-state index contributed by atoms with van der Waals surface area (Å²) in [5, 5.41) is 27.1. The van der Waals surface area contributed by atoms with Crippen LogP contribution in [0.2, 0.25) is 0 Å². The Morgan fingerprint density at radius 1 is 0.623 bits per heavy atom. The van der Waals surface area contributed by atoms with Crippen LogP contribution < -0.4 is 9.47 Å². The van der Waals surface area contributed by atoms with Crippen molar-refractivity contribution in [1.29, 1.82) is 0 Å². The summed E-state index contributed by atoms with van der Waals surface area (Å²) < 4.78 is 44.6. The van der Waals surface area contributed by atoms with Gasteiger partial charge in [-0.1, -0.05) is 31.5 Å². The number of benzene rings is 2. The van der Waals surface area contributed by atoms with Crippen molar-refractivity contribution in [1.82, 2.24) is 0 Å². The normalized spacial score (nSPS) is 10.0. The molecule has 0 radical (unpaired) electrons. The SMILES string of the molecule is CCCOCCOCCO.CCCOCCOCCOC(=O)Oc1ccc([N+](=O)[O-])cc1.Cc1ccc(OC(=O)Cl)cc1.OCCOCCOCCCl. The van der Waals surface area contributed by atoms with Crippen molar-refractivity contribution in [2.75, 3.05) is 105 Å². The second-order valence-corrected chi connectivity index (χ2v) is 10.6. The van der Waals surface area contributed by atoms with Crippen LogP contribution in [0.15, 0.2) is 48.5 Å². The highest BCUT2D eigenvalue weighted by Crippen LogP contribution is 2.17. The number of carbonyl (C=O) groups is 2. The van der Waals surface area contributed by atoms with Crippen molar-refractivity contribution < 1.29 is 67.4 Å². The van der Waals surface area contributed by atoms with Gasteiger partial charge in [0.05, 0.1) is 84.2 Å². The molecule has 0 fully saturated rings. The van der Waals surface area contributed by atoms with E-state index in [1.807, 2.05) is 26.0 Å². The number of rotatable bonds is 25. The van der Waals surface area contributed by atoms with Gasteiger partial charge in [-0.25, -0.2) is 9.59 Å². The zero-order chi connectivity index (χ0) is 39.8. The topological polar surface area (TPSA) is 201 Å². The van der Waals surface area contributed by atoms with Crippen molar-refractivity contribution in [2.24, 2.45) is 0 Å². The van der Waals surface area contributed by atoms with Gasteiger partial charge in [-0.05, 0) is 44.0 Å². The van der Waals surface area contributed by atoms with Gasteiger partial charge in [0.2, 0.25) is 0 Å². The summed E-state index contributed by atoms with van der Waals surface area (Å²) in [4.78, 5) is 31.5. The third-order valence-corrected chi connectivity index (χ3v) is 5.65. The molecule has 2 N–H and O–H groups in total. The molecule has 0 bridgehead atoms. The fourth-order valence-electron chi connectivity index (χ4n) is 3.08. The molecule has 0 aliphatic carbocycles. The van der Waals surface area contributed by atoms with Gasteiger partial charge in [-0.15, -0.1) is 11.6 Å². The van der Waals surface area contributed by atoms with Gasteiger partial charge in [-0.2, -0.15) is 0 Å². The quantitative estimate of drug-likeness (QED) is 0.0227. The van der Waals surface area contributed by atoms with E-state index in [1.165, 1.54) is 24.3 Å². The lowest BCUT2D eigenvalue weighted by Gasteiger charge is -2.07. The van der Waals surface area contributed by atoms with Crippen molar-refractivity contribution in [3.05, 3.63) is 64.2 Å². The van der Waals surface area contributed by atoms with E-state index in [9.17, 15) is 19.7 Å². The molecule has 2 aromatic carbocycles. The van der Waals surface area contributed by atoms with Crippen molar-refractivity contribution in [3.63, 3.8) is 0 Å². The Morgan fingerprint density at radius 3 is 1.43 bits per heavy atom. The molecule has 18 heteroatoms. The number of hydrogen-bond donors (Lipinski definition) is 2. The minimum Gasteiger partial charge on any atom is -0.432 e. The number of aryl methyl sites for hydroxylation is 1.